The van der Waals surface area contributed by atoms with E-state index in [-0.39, 0.29) is 5.15 Å². The van der Waals surface area contributed by atoms with Crippen molar-refractivity contribution in [2.75, 3.05) is 0 Å². The molecule has 2 aromatic heterocycles. The van der Waals surface area contributed by atoms with Gasteiger partial charge < -0.3 is 15.2 Å². The first-order chi connectivity index (χ1) is 14.1. The average Bonchev–Trinajstić information content (AvgIpc) is 3.14. The highest BCUT2D eigenvalue weighted by Crippen LogP contribution is 2.34. The number of carbonyl (C=O) groups is 1. The van der Waals surface area contributed by atoms with Crippen molar-refractivity contribution < 1.29 is 14.6 Å². The number of thiophene rings is 1. The number of amides is 1. The van der Waals surface area contributed by atoms with Crippen molar-refractivity contribution >= 4 is 40.6 Å². The maximum absolute atomic E-state index is 12.5. The second-order valence-electron chi connectivity index (χ2n) is 7.59. The molecule has 0 aliphatic heterocycles. The van der Waals surface area contributed by atoms with Crippen molar-refractivity contribution in [3.63, 3.8) is 0 Å². The summed E-state index contributed by atoms with van der Waals surface area (Å²) in [5, 5.41) is 16.2. The number of hydrogen-bond acceptors (Lipinski definition) is 6. The lowest BCUT2D eigenvalue weighted by Crippen LogP contribution is -2.35. The normalized spacial score (nSPS) is 13.5. The van der Waals surface area contributed by atoms with E-state index in [2.05, 4.69) is 15.3 Å². The molecule has 0 saturated heterocycles. The minimum absolute atomic E-state index is 0.186. The molecule has 30 heavy (non-hydrogen) atoms. The Morgan fingerprint density at radius 1 is 1.23 bits per heavy atom. The summed E-state index contributed by atoms with van der Waals surface area (Å²) < 4.78 is 5.42. The molecule has 0 spiro atoms. The number of alkyl carbamates (subject to hydrolysis) is 1. The Kier molecular flexibility index (Phi) is 6.98. The summed E-state index contributed by atoms with van der Waals surface area (Å²) in [5.74, 6) is 0. The molecular weight excluding hydrogens is 445 g/mol. The van der Waals surface area contributed by atoms with Gasteiger partial charge in [0.25, 0.3) is 0 Å². The van der Waals surface area contributed by atoms with Crippen molar-refractivity contribution in [1.29, 1.82) is 0 Å². The molecule has 0 aliphatic rings. The maximum Gasteiger partial charge on any atom is 0.408 e. The highest BCUT2D eigenvalue weighted by atomic mass is 35.5. The molecule has 0 fully saturated rings. The number of nitrogens with one attached hydrogen (secondary N) is 1. The Morgan fingerprint density at radius 2 is 2.00 bits per heavy atom. The summed E-state index contributed by atoms with van der Waals surface area (Å²) in [4.78, 5) is 20.9. The highest BCUT2D eigenvalue weighted by molar-refractivity contribution is 7.10. The third-order valence-electron chi connectivity index (χ3n) is 4.07. The van der Waals surface area contributed by atoms with Crippen LogP contribution in [0, 0.1) is 0 Å². The third kappa shape index (κ3) is 5.70. The molecule has 158 valence electrons. The molecule has 2 unspecified atom stereocenters. The lowest BCUT2D eigenvalue weighted by molar-refractivity contribution is 0.0512. The molecule has 6 nitrogen and oxygen atoms in total. The number of nitrogens with zero attached hydrogens (tertiary/aromatic N) is 2. The molecule has 1 aromatic carbocycles. The predicted molar refractivity (Wildman–Crippen MR) is 118 cm³/mol. The molecule has 3 rings (SSSR count). The number of aromatic nitrogens is 2. The van der Waals surface area contributed by atoms with Crippen molar-refractivity contribution in [3.05, 3.63) is 80.0 Å². The standard InChI is InChI=1S/C21H21Cl2N3O3S/c1-21(2,3)29-20(28)26-17(12-5-4-6-14(22)7-12)13-8-16(30-10-13)18(27)15-9-24-11-25-19(15)23/h4-11,17-18,27H,1-3H3,(H,26,28). The van der Waals surface area contributed by atoms with Crippen LogP contribution in [0.1, 0.15) is 54.5 Å². The molecular formula is C21H21Cl2N3O3S. The molecule has 9 heteroatoms. The first kappa shape index (κ1) is 22.5. The minimum atomic E-state index is -0.987. The van der Waals surface area contributed by atoms with E-state index in [9.17, 15) is 9.90 Å². The summed E-state index contributed by atoms with van der Waals surface area (Å²) >= 11 is 13.6. The van der Waals surface area contributed by atoms with Crippen LogP contribution in [0.25, 0.3) is 0 Å². The Bertz CT molecular complexity index is 1040. The van der Waals surface area contributed by atoms with Crippen molar-refractivity contribution in [1.82, 2.24) is 15.3 Å². The molecule has 3 aromatic rings. The van der Waals surface area contributed by atoms with Gasteiger partial charge in [-0.2, -0.15) is 0 Å². The van der Waals surface area contributed by atoms with Crippen LogP contribution in [0.3, 0.4) is 0 Å². The fourth-order valence-corrected chi connectivity index (χ4v) is 4.13. The monoisotopic (exact) mass is 465 g/mol. The topological polar surface area (TPSA) is 84.3 Å². The van der Waals surface area contributed by atoms with Crippen LogP contribution in [0.15, 0.2) is 48.2 Å². The fraction of sp³-hybridized carbons (Fsp3) is 0.286. The van der Waals surface area contributed by atoms with Gasteiger partial charge >= 0.3 is 6.09 Å². The Morgan fingerprint density at radius 3 is 2.67 bits per heavy atom. The van der Waals surface area contributed by atoms with E-state index in [1.54, 1.807) is 32.9 Å². The molecule has 2 N–H and O–H groups in total. The molecule has 0 radical (unpaired) electrons. The summed E-state index contributed by atoms with van der Waals surface area (Å²) in [6.07, 6.45) is 1.25. The number of aliphatic hydroxyl groups excluding tert-OH is 1. The molecule has 2 atom stereocenters. The zero-order valence-electron chi connectivity index (χ0n) is 16.6. The lowest BCUT2D eigenvalue weighted by Gasteiger charge is -2.24. The number of benzene rings is 1. The minimum Gasteiger partial charge on any atom is -0.444 e. The number of rotatable bonds is 5. The van der Waals surface area contributed by atoms with Gasteiger partial charge in [-0.1, -0.05) is 35.3 Å². The lowest BCUT2D eigenvalue weighted by atomic mass is 10.0. The maximum atomic E-state index is 12.5. The quantitative estimate of drug-likeness (QED) is 0.483. The largest absolute Gasteiger partial charge is 0.444 e. The van der Waals surface area contributed by atoms with Gasteiger partial charge in [-0.05, 0) is 55.5 Å². The van der Waals surface area contributed by atoms with E-state index in [0.29, 0.717) is 15.5 Å². The van der Waals surface area contributed by atoms with E-state index >= 15 is 0 Å². The summed E-state index contributed by atoms with van der Waals surface area (Å²) in [5.41, 5.74) is 1.33. The number of halogens is 2. The Balaban J connectivity index is 1.92. The van der Waals surface area contributed by atoms with Crippen LogP contribution < -0.4 is 5.32 Å². The average molecular weight is 466 g/mol. The number of hydrogen-bond donors (Lipinski definition) is 2. The van der Waals surface area contributed by atoms with Gasteiger partial charge in [-0.3, -0.25) is 0 Å². The van der Waals surface area contributed by atoms with Crippen LogP contribution in [0.4, 0.5) is 4.79 Å². The van der Waals surface area contributed by atoms with E-state index in [1.165, 1.54) is 23.9 Å². The Hall–Kier alpha value is -2.19. The fourth-order valence-electron chi connectivity index (χ4n) is 2.80. The zero-order chi connectivity index (χ0) is 21.9. The van der Waals surface area contributed by atoms with Crippen LogP contribution in [-0.4, -0.2) is 26.8 Å². The molecule has 2 heterocycles. The van der Waals surface area contributed by atoms with Gasteiger partial charge in [0.1, 0.15) is 23.2 Å². The molecule has 0 saturated carbocycles. The van der Waals surface area contributed by atoms with Crippen LogP contribution in [-0.2, 0) is 4.74 Å². The highest BCUT2D eigenvalue weighted by Gasteiger charge is 2.25. The second kappa shape index (κ2) is 9.31. The van der Waals surface area contributed by atoms with Crippen LogP contribution in [0.5, 0.6) is 0 Å². The summed E-state index contributed by atoms with van der Waals surface area (Å²) in [6.45, 7) is 5.39. The predicted octanol–water partition coefficient (Wildman–Crippen LogP) is 5.54. The molecule has 0 bridgehead atoms. The van der Waals surface area contributed by atoms with Gasteiger partial charge in [0, 0.05) is 21.7 Å². The van der Waals surface area contributed by atoms with E-state index in [1.807, 2.05) is 23.6 Å². The van der Waals surface area contributed by atoms with Gasteiger partial charge in [0.15, 0.2) is 0 Å². The van der Waals surface area contributed by atoms with E-state index in [0.717, 1.165) is 11.1 Å². The second-order valence-corrected chi connectivity index (χ2v) is 9.33. The first-order valence-corrected chi connectivity index (χ1v) is 10.7. The third-order valence-corrected chi connectivity index (χ3v) is 5.62. The number of carbonyl (C=O) groups excluding carboxylic acids is 1. The summed E-state index contributed by atoms with van der Waals surface area (Å²) in [6, 6.07) is 8.50. The van der Waals surface area contributed by atoms with Gasteiger partial charge in [0.05, 0.1) is 6.04 Å². The SMILES string of the molecule is CC(C)(C)OC(=O)NC(c1cccc(Cl)c1)c1csc(C(O)c2cncnc2Cl)c1. The van der Waals surface area contributed by atoms with Gasteiger partial charge in [-0.15, -0.1) is 11.3 Å². The molecule has 0 aliphatic carbocycles. The zero-order valence-corrected chi connectivity index (χ0v) is 18.9. The van der Waals surface area contributed by atoms with Gasteiger partial charge in [-0.25, -0.2) is 14.8 Å². The van der Waals surface area contributed by atoms with Crippen LogP contribution >= 0.6 is 34.5 Å². The number of ether oxygens (including phenoxy) is 1. The first-order valence-electron chi connectivity index (χ1n) is 9.11. The van der Waals surface area contributed by atoms with Crippen molar-refractivity contribution in [2.45, 2.75) is 38.5 Å². The van der Waals surface area contributed by atoms with Gasteiger partial charge in [0.2, 0.25) is 0 Å². The van der Waals surface area contributed by atoms with E-state index < -0.39 is 23.8 Å². The van der Waals surface area contributed by atoms with Crippen LogP contribution in [0.2, 0.25) is 10.2 Å². The Labute approximate surface area is 188 Å². The summed E-state index contributed by atoms with van der Waals surface area (Å²) in [7, 11) is 0. The smallest absolute Gasteiger partial charge is 0.408 e. The van der Waals surface area contributed by atoms with Crippen molar-refractivity contribution in [2.24, 2.45) is 0 Å². The number of aliphatic hydroxyl groups is 1. The molecule has 1 amide bonds. The van der Waals surface area contributed by atoms with E-state index in [4.69, 9.17) is 27.9 Å². The van der Waals surface area contributed by atoms with Crippen molar-refractivity contribution in [3.8, 4) is 0 Å².